The molecule has 0 unspecified atom stereocenters. The Labute approximate surface area is 108 Å². The summed E-state index contributed by atoms with van der Waals surface area (Å²) in [6, 6.07) is -0.318. The van der Waals surface area contributed by atoms with Crippen molar-refractivity contribution in [1.82, 2.24) is 4.31 Å². The summed E-state index contributed by atoms with van der Waals surface area (Å²) in [7, 11) is -6.98. The fourth-order valence-electron chi connectivity index (χ4n) is 1.13. The lowest BCUT2D eigenvalue weighted by Crippen LogP contribution is -2.44. The quantitative estimate of drug-likeness (QED) is 0.628. The molecule has 0 aliphatic heterocycles. The molecule has 0 saturated heterocycles. The summed E-state index contributed by atoms with van der Waals surface area (Å²) in [5.41, 5.74) is 5.32. The number of sulfone groups is 1. The van der Waals surface area contributed by atoms with Crippen LogP contribution in [0.2, 0.25) is 0 Å². The molecule has 0 bridgehead atoms. The summed E-state index contributed by atoms with van der Waals surface area (Å²) in [5, 5.41) is 0. The number of sulfonamides is 1. The SMILES string of the molecule is CC(C)N(CC(N)=S)S(=O)(=O)CCS(C)(=O)=O. The van der Waals surface area contributed by atoms with E-state index in [0.717, 1.165) is 10.6 Å². The Morgan fingerprint density at radius 2 is 1.71 bits per heavy atom. The van der Waals surface area contributed by atoms with Gasteiger partial charge in [0.2, 0.25) is 10.0 Å². The molecule has 102 valence electrons. The maximum atomic E-state index is 11.9. The van der Waals surface area contributed by atoms with Gasteiger partial charge >= 0.3 is 0 Å². The Hall–Kier alpha value is -0.250. The molecule has 6 nitrogen and oxygen atoms in total. The molecule has 0 rings (SSSR count). The molecule has 0 atom stereocenters. The second-order valence-electron chi connectivity index (χ2n) is 4.05. The van der Waals surface area contributed by atoms with Gasteiger partial charge in [0.05, 0.1) is 23.0 Å². The second-order valence-corrected chi connectivity index (χ2v) is 8.88. The van der Waals surface area contributed by atoms with E-state index >= 15 is 0 Å². The van der Waals surface area contributed by atoms with Crippen LogP contribution in [0.5, 0.6) is 0 Å². The molecule has 2 N–H and O–H groups in total. The van der Waals surface area contributed by atoms with Crippen LogP contribution < -0.4 is 5.73 Å². The Morgan fingerprint density at radius 3 is 2.00 bits per heavy atom. The molecule has 0 amide bonds. The molecular weight excluding hydrogens is 284 g/mol. The van der Waals surface area contributed by atoms with Crippen molar-refractivity contribution in [3.05, 3.63) is 0 Å². The first-order chi connectivity index (χ1) is 7.46. The van der Waals surface area contributed by atoms with Gasteiger partial charge < -0.3 is 5.73 Å². The second kappa shape index (κ2) is 6.07. The largest absolute Gasteiger partial charge is 0.392 e. The van der Waals surface area contributed by atoms with Crippen LogP contribution in [0.15, 0.2) is 0 Å². The molecule has 0 aliphatic rings. The van der Waals surface area contributed by atoms with Crippen LogP contribution in [0.4, 0.5) is 0 Å². The predicted octanol–water partition coefficient (Wildman–Crippen LogP) is -0.643. The van der Waals surface area contributed by atoms with Gasteiger partial charge in [-0.05, 0) is 13.8 Å². The van der Waals surface area contributed by atoms with E-state index in [4.69, 9.17) is 5.73 Å². The average molecular weight is 302 g/mol. The van der Waals surface area contributed by atoms with Crippen LogP contribution in [0, 0.1) is 0 Å². The molecule has 0 saturated carbocycles. The third-order valence-electron chi connectivity index (χ3n) is 1.96. The van der Waals surface area contributed by atoms with Crippen molar-refractivity contribution >= 4 is 37.1 Å². The smallest absolute Gasteiger partial charge is 0.215 e. The minimum Gasteiger partial charge on any atom is -0.392 e. The minimum absolute atomic E-state index is 0.0571. The highest BCUT2D eigenvalue weighted by atomic mass is 32.2. The van der Waals surface area contributed by atoms with Crippen molar-refractivity contribution in [3.8, 4) is 0 Å². The van der Waals surface area contributed by atoms with Crippen LogP contribution >= 0.6 is 12.2 Å². The molecule has 0 heterocycles. The Balaban J connectivity index is 4.91. The minimum atomic E-state index is -3.66. The van der Waals surface area contributed by atoms with Gasteiger partial charge in [0.25, 0.3) is 0 Å². The lowest BCUT2D eigenvalue weighted by atomic mass is 10.4. The maximum absolute atomic E-state index is 11.9. The first-order valence-corrected chi connectivity index (χ1v) is 8.99. The van der Waals surface area contributed by atoms with Crippen LogP contribution in [0.1, 0.15) is 13.8 Å². The molecule has 0 fully saturated rings. The lowest BCUT2D eigenvalue weighted by molar-refractivity contribution is 0.391. The van der Waals surface area contributed by atoms with Crippen molar-refractivity contribution in [2.45, 2.75) is 19.9 Å². The highest BCUT2D eigenvalue weighted by Crippen LogP contribution is 2.08. The zero-order chi connectivity index (χ0) is 13.9. The summed E-state index contributed by atoms with van der Waals surface area (Å²) in [6.45, 7) is 3.28. The molecular formula is C8H18N2O4S3. The number of rotatable bonds is 7. The van der Waals surface area contributed by atoms with Gasteiger partial charge in [0.1, 0.15) is 9.84 Å². The third kappa shape index (κ3) is 6.92. The summed E-state index contributed by atoms with van der Waals surface area (Å²) in [6.07, 6.45) is 0.996. The van der Waals surface area contributed by atoms with Crippen molar-refractivity contribution in [1.29, 1.82) is 0 Å². The van der Waals surface area contributed by atoms with Crippen molar-refractivity contribution in [2.75, 3.05) is 24.3 Å². The van der Waals surface area contributed by atoms with Crippen LogP contribution in [-0.2, 0) is 19.9 Å². The number of nitrogens with zero attached hydrogens (tertiary/aromatic N) is 1. The van der Waals surface area contributed by atoms with E-state index in [1.54, 1.807) is 13.8 Å². The van der Waals surface area contributed by atoms with Gasteiger partial charge in [-0.1, -0.05) is 12.2 Å². The van der Waals surface area contributed by atoms with E-state index in [1.165, 1.54) is 0 Å². The summed E-state index contributed by atoms with van der Waals surface area (Å²) in [4.78, 5) is 0.0571. The molecule has 0 spiro atoms. The highest BCUT2D eigenvalue weighted by Gasteiger charge is 2.26. The van der Waals surface area contributed by atoms with Gasteiger partial charge in [0.15, 0.2) is 0 Å². The van der Waals surface area contributed by atoms with Crippen molar-refractivity contribution < 1.29 is 16.8 Å². The highest BCUT2D eigenvalue weighted by molar-refractivity contribution is 7.93. The van der Waals surface area contributed by atoms with Gasteiger partial charge in [-0.25, -0.2) is 16.8 Å². The van der Waals surface area contributed by atoms with Gasteiger partial charge in [0, 0.05) is 12.3 Å². The van der Waals surface area contributed by atoms with E-state index in [9.17, 15) is 16.8 Å². The third-order valence-corrected chi connectivity index (χ3v) is 5.28. The average Bonchev–Trinajstić information content (AvgIpc) is 2.09. The zero-order valence-corrected chi connectivity index (χ0v) is 12.5. The fourth-order valence-corrected chi connectivity index (χ4v) is 4.62. The summed E-state index contributed by atoms with van der Waals surface area (Å²) in [5.74, 6) is -0.859. The van der Waals surface area contributed by atoms with Crippen LogP contribution in [0.25, 0.3) is 0 Å². The molecule has 0 aromatic heterocycles. The standard InChI is InChI=1S/C8H18N2O4S3/c1-7(2)10(6-8(9)15)17(13,14)5-4-16(3,11)12/h7H,4-6H2,1-3H3,(H2,9,15). The van der Waals surface area contributed by atoms with Crippen LogP contribution in [-0.4, -0.2) is 56.5 Å². The molecule has 0 aliphatic carbocycles. The lowest BCUT2D eigenvalue weighted by Gasteiger charge is -2.25. The van der Waals surface area contributed by atoms with Crippen LogP contribution in [0.3, 0.4) is 0 Å². The predicted molar refractivity (Wildman–Crippen MR) is 72.1 cm³/mol. The Bertz CT molecular complexity index is 467. The van der Waals surface area contributed by atoms with E-state index in [0.29, 0.717) is 0 Å². The van der Waals surface area contributed by atoms with Gasteiger partial charge in [-0.2, -0.15) is 4.31 Å². The fraction of sp³-hybridized carbons (Fsp3) is 0.875. The first kappa shape index (κ1) is 16.8. The Morgan fingerprint density at radius 1 is 1.24 bits per heavy atom. The summed E-state index contributed by atoms with van der Waals surface area (Å²) < 4.78 is 46.8. The van der Waals surface area contributed by atoms with Crippen molar-refractivity contribution in [2.24, 2.45) is 5.73 Å². The maximum Gasteiger partial charge on any atom is 0.215 e. The normalized spacial score (nSPS) is 13.2. The van der Waals surface area contributed by atoms with Gasteiger partial charge in [-0.3, -0.25) is 0 Å². The molecule has 17 heavy (non-hydrogen) atoms. The van der Waals surface area contributed by atoms with Crippen molar-refractivity contribution in [3.63, 3.8) is 0 Å². The zero-order valence-electron chi connectivity index (χ0n) is 10.1. The number of hydrogen-bond donors (Lipinski definition) is 1. The Kier molecular flexibility index (Phi) is 5.99. The monoisotopic (exact) mass is 302 g/mol. The van der Waals surface area contributed by atoms with E-state index in [1.807, 2.05) is 0 Å². The summed E-state index contributed by atoms with van der Waals surface area (Å²) >= 11 is 4.67. The van der Waals surface area contributed by atoms with E-state index in [-0.39, 0.29) is 17.6 Å². The van der Waals surface area contributed by atoms with E-state index in [2.05, 4.69) is 12.2 Å². The molecule has 0 aromatic rings. The van der Waals surface area contributed by atoms with E-state index < -0.39 is 31.4 Å². The molecule has 0 radical (unpaired) electrons. The number of thiocarbonyl (C=S) groups is 1. The molecule has 0 aromatic carbocycles. The molecule has 9 heteroatoms. The first-order valence-electron chi connectivity index (χ1n) is 4.91. The number of nitrogens with two attached hydrogens (primary N) is 1. The topological polar surface area (TPSA) is 97.5 Å². The number of hydrogen-bond acceptors (Lipinski definition) is 5. The van der Waals surface area contributed by atoms with Gasteiger partial charge in [-0.15, -0.1) is 0 Å².